The van der Waals surface area contributed by atoms with Crippen molar-refractivity contribution in [3.8, 4) is 5.75 Å². The zero-order valence-electron chi connectivity index (χ0n) is 10.9. The fraction of sp³-hybridized carbons (Fsp3) is 0.600. The van der Waals surface area contributed by atoms with E-state index in [4.69, 9.17) is 4.74 Å². The smallest absolute Gasteiger partial charge is 0.138 e. The summed E-state index contributed by atoms with van der Waals surface area (Å²) in [4.78, 5) is 0. The van der Waals surface area contributed by atoms with E-state index in [-0.39, 0.29) is 12.2 Å². The molecule has 1 aromatic carbocycles. The summed E-state index contributed by atoms with van der Waals surface area (Å²) < 4.78 is 7.04. The first-order chi connectivity index (χ1) is 9.24. The molecule has 4 heteroatoms. The predicted molar refractivity (Wildman–Crippen MR) is 78.3 cm³/mol. The highest BCUT2D eigenvalue weighted by atomic mass is 79.9. The minimum atomic E-state index is -0.323. The Balaban J connectivity index is 1.73. The normalized spacial score (nSPS) is 26.6. The van der Waals surface area contributed by atoms with Crippen LogP contribution in [0.5, 0.6) is 5.75 Å². The van der Waals surface area contributed by atoms with Gasteiger partial charge in [0.25, 0.3) is 0 Å². The molecule has 2 fully saturated rings. The molecule has 0 spiro atoms. The Kier molecular flexibility index (Phi) is 4.10. The van der Waals surface area contributed by atoms with Crippen LogP contribution >= 0.6 is 15.9 Å². The van der Waals surface area contributed by atoms with Gasteiger partial charge in [0, 0.05) is 18.2 Å². The zero-order valence-corrected chi connectivity index (χ0v) is 12.5. The number of benzene rings is 1. The molecule has 19 heavy (non-hydrogen) atoms. The summed E-state index contributed by atoms with van der Waals surface area (Å²) in [5, 5.41) is 13.4. The van der Waals surface area contributed by atoms with Crippen molar-refractivity contribution in [1.29, 1.82) is 0 Å². The number of aliphatic hydroxyl groups excluding tert-OH is 1. The molecule has 0 amide bonds. The van der Waals surface area contributed by atoms with E-state index in [1.54, 1.807) is 0 Å². The summed E-state index contributed by atoms with van der Waals surface area (Å²) in [7, 11) is 0. The molecule has 0 aromatic heterocycles. The van der Waals surface area contributed by atoms with Crippen LogP contribution in [0.25, 0.3) is 0 Å². The number of hydrogen-bond donors (Lipinski definition) is 2. The van der Waals surface area contributed by atoms with Gasteiger partial charge in [-0.1, -0.05) is 12.1 Å². The number of hydrogen-bond acceptors (Lipinski definition) is 3. The van der Waals surface area contributed by atoms with Crippen molar-refractivity contribution < 1.29 is 9.84 Å². The standard InChI is InChI=1S/C15H20BrNO2/c16-12-4-1-3-10(9-17-11-7-8-11)15(12)19-14-6-2-5-13(14)18/h1,3-4,11,13-14,17-18H,2,5-9H2. The van der Waals surface area contributed by atoms with Gasteiger partial charge in [-0.25, -0.2) is 0 Å². The van der Waals surface area contributed by atoms with Crippen LogP contribution in [0.15, 0.2) is 22.7 Å². The summed E-state index contributed by atoms with van der Waals surface area (Å²) in [5.74, 6) is 0.890. The van der Waals surface area contributed by atoms with E-state index in [0.717, 1.165) is 36.0 Å². The van der Waals surface area contributed by atoms with Gasteiger partial charge in [-0.3, -0.25) is 0 Å². The minimum Gasteiger partial charge on any atom is -0.486 e. The van der Waals surface area contributed by atoms with Crippen molar-refractivity contribution in [1.82, 2.24) is 5.32 Å². The highest BCUT2D eigenvalue weighted by molar-refractivity contribution is 9.10. The average Bonchev–Trinajstić information content (AvgIpc) is 3.14. The molecule has 2 aliphatic rings. The maximum Gasteiger partial charge on any atom is 0.138 e. The van der Waals surface area contributed by atoms with Gasteiger partial charge in [0.15, 0.2) is 0 Å². The molecule has 0 bridgehead atoms. The van der Waals surface area contributed by atoms with Crippen molar-refractivity contribution in [2.75, 3.05) is 0 Å². The van der Waals surface area contributed by atoms with Crippen LogP contribution in [0.3, 0.4) is 0 Å². The van der Waals surface area contributed by atoms with Crippen LogP contribution in [-0.2, 0) is 6.54 Å². The lowest BCUT2D eigenvalue weighted by atomic mass is 10.2. The summed E-state index contributed by atoms with van der Waals surface area (Å²) in [6, 6.07) is 6.81. The lowest BCUT2D eigenvalue weighted by molar-refractivity contribution is 0.0592. The van der Waals surface area contributed by atoms with Gasteiger partial charge in [0.05, 0.1) is 10.6 Å². The maximum atomic E-state index is 9.90. The molecule has 2 unspecified atom stereocenters. The number of halogens is 1. The maximum absolute atomic E-state index is 9.90. The van der Waals surface area contributed by atoms with Crippen molar-refractivity contribution >= 4 is 15.9 Å². The van der Waals surface area contributed by atoms with Gasteiger partial charge >= 0.3 is 0 Å². The van der Waals surface area contributed by atoms with Crippen LogP contribution < -0.4 is 10.1 Å². The largest absolute Gasteiger partial charge is 0.486 e. The number of nitrogens with one attached hydrogen (secondary N) is 1. The van der Waals surface area contributed by atoms with Gasteiger partial charge in [-0.15, -0.1) is 0 Å². The monoisotopic (exact) mass is 325 g/mol. The molecular formula is C15H20BrNO2. The third-order valence-electron chi connectivity index (χ3n) is 3.89. The molecule has 2 N–H and O–H groups in total. The third-order valence-corrected chi connectivity index (χ3v) is 4.52. The second-order valence-electron chi connectivity index (χ2n) is 5.54. The Morgan fingerprint density at radius 1 is 1.26 bits per heavy atom. The van der Waals surface area contributed by atoms with Crippen molar-refractivity contribution in [3.63, 3.8) is 0 Å². The van der Waals surface area contributed by atoms with Gasteiger partial charge in [0.1, 0.15) is 11.9 Å². The number of para-hydroxylation sites is 1. The van der Waals surface area contributed by atoms with E-state index >= 15 is 0 Å². The highest BCUT2D eigenvalue weighted by Gasteiger charge is 2.28. The van der Waals surface area contributed by atoms with E-state index in [1.165, 1.54) is 18.4 Å². The van der Waals surface area contributed by atoms with E-state index in [2.05, 4.69) is 27.3 Å². The quantitative estimate of drug-likeness (QED) is 0.874. The van der Waals surface area contributed by atoms with E-state index in [1.807, 2.05) is 12.1 Å². The van der Waals surface area contributed by atoms with E-state index < -0.39 is 0 Å². The first kappa shape index (κ1) is 13.4. The molecule has 104 valence electrons. The van der Waals surface area contributed by atoms with Crippen LogP contribution in [0.2, 0.25) is 0 Å². The molecule has 3 rings (SSSR count). The Bertz CT molecular complexity index is 448. The van der Waals surface area contributed by atoms with Crippen molar-refractivity contribution in [3.05, 3.63) is 28.2 Å². The summed E-state index contributed by atoms with van der Waals surface area (Å²) in [5.41, 5.74) is 1.17. The molecule has 2 atom stereocenters. The van der Waals surface area contributed by atoms with Crippen LogP contribution in [0.1, 0.15) is 37.7 Å². The van der Waals surface area contributed by atoms with Gasteiger partial charge < -0.3 is 15.2 Å². The van der Waals surface area contributed by atoms with Gasteiger partial charge in [-0.2, -0.15) is 0 Å². The third kappa shape index (κ3) is 3.30. The average molecular weight is 326 g/mol. The molecule has 0 saturated heterocycles. The Morgan fingerprint density at radius 3 is 2.79 bits per heavy atom. The second-order valence-corrected chi connectivity index (χ2v) is 6.39. The number of ether oxygens (including phenoxy) is 1. The first-order valence-corrected chi connectivity index (χ1v) is 7.89. The lowest BCUT2D eigenvalue weighted by Crippen LogP contribution is -2.26. The molecule has 0 aliphatic heterocycles. The van der Waals surface area contributed by atoms with Gasteiger partial charge in [0.2, 0.25) is 0 Å². The molecule has 0 heterocycles. The first-order valence-electron chi connectivity index (χ1n) is 7.09. The molecule has 0 radical (unpaired) electrons. The summed E-state index contributed by atoms with van der Waals surface area (Å²) >= 11 is 3.56. The van der Waals surface area contributed by atoms with Crippen LogP contribution in [0, 0.1) is 0 Å². The molecule has 2 saturated carbocycles. The SMILES string of the molecule is OC1CCCC1Oc1c(Br)cccc1CNC1CC1. The topological polar surface area (TPSA) is 41.5 Å². The van der Waals surface area contributed by atoms with Gasteiger partial charge in [-0.05, 0) is 54.1 Å². The number of rotatable bonds is 5. The summed E-state index contributed by atoms with van der Waals surface area (Å²) in [6.45, 7) is 0.836. The fourth-order valence-corrected chi connectivity index (χ4v) is 3.06. The minimum absolute atomic E-state index is 0.0571. The Morgan fingerprint density at radius 2 is 2.11 bits per heavy atom. The zero-order chi connectivity index (χ0) is 13.2. The second kappa shape index (κ2) is 5.81. The number of aliphatic hydroxyl groups is 1. The van der Waals surface area contributed by atoms with Crippen molar-refractivity contribution in [2.24, 2.45) is 0 Å². The van der Waals surface area contributed by atoms with Crippen LogP contribution in [0.4, 0.5) is 0 Å². The highest BCUT2D eigenvalue weighted by Crippen LogP contribution is 2.33. The predicted octanol–water partition coefficient (Wildman–Crippen LogP) is 2.99. The Hall–Kier alpha value is -0.580. The lowest BCUT2D eigenvalue weighted by Gasteiger charge is -2.21. The van der Waals surface area contributed by atoms with Crippen LogP contribution in [-0.4, -0.2) is 23.4 Å². The fourth-order valence-electron chi connectivity index (χ4n) is 2.56. The molecule has 1 aromatic rings. The van der Waals surface area contributed by atoms with E-state index in [0.29, 0.717) is 6.04 Å². The van der Waals surface area contributed by atoms with Crippen molar-refractivity contribution in [2.45, 2.75) is 56.9 Å². The molecular weight excluding hydrogens is 306 g/mol. The summed E-state index contributed by atoms with van der Waals surface area (Å²) in [6.07, 6.45) is 5.03. The molecule has 3 nitrogen and oxygen atoms in total. The van der Waals surface area contributed by atoms with E-state index in [9.17, 15) is 5.11 Å². The Labute approximate surface area is 122 Å². The molecule has 2 aliphatic carbocycles.